The highest BCUT2D eigenvalue weighted by molar-refractivity contribution is 7.89. The molecule has 1 fully saturated rings. The van der Waals surface area contributed by atoms with Gasteiger partial charge in [0.15, 0.2) is 0 Å². The van der Waals surface area contributed by atoms with Crippen molar-refractivity contribution >= 4 is 50.7 Å². The van der Waals surface area contributed by atoms with E-state index in [1.54, 1.807) is 30.7 Å². The van der Waals surface area contributed by atoms with Gasteiger partial charge < -0.3 is 20.3 Å². The maximum absolute atomic E-state index is 13.5. The second-order valence-corrected chi connectivity index (χ2v) is 11.4. The van der Waals surface area contributed by atoms with Gasteiger partial charge >= 0.3 is 0 Å². The van der Waals surface area contributed by atoms with Gasteiger partial charge in [0, 0.05) is 12.1 Å². The number of benzene rings is 2. The van der Waals surface area contributed by atoms with Gasteiger partial charge in [-0.05, 0) is 41.7 Å². The summed E-state index contributed by atoms with van der Waals surface area (Å²) in [5.74, 6) is -2.70. The molecule has 11 nitrogen and oxygen atoms in total. The van der Waals surface area contributed by atoms with Crippen LogP contribution in [0.5, 0.6) is 0 Å². The van der Waals surface area contributed by atoms with Crippen LogP contribution in [-0.2, 0) is 29.2 Å². The first-order chi connectivity index (χ1) is 17.9. The second-order valence-electron chi connectivity index (χ2n) is 9.70. The minimum absolute atomic E-state index is 0.279. The van der Waals surface area contributed by atoms with Crippen molar-refractivity contribution in [3.63, 3.8) is 0 Å². The number of sulfonamides is 1. The Bertz CT molecular complexity index is 1340. The molecule has 0 aromatic heterocycles. The Morgan fingerprint density at radius 3 is 2.37 bits per heavy atom. The van der Waals surface area contributed by atoms with Crippen LogP contribution >= 0.6 is 0 Å². The van der Waals surface area contributed by atoms with Gasteiger partial charge in [-0.1, -0.05) is 44.2 Å². The molecule has 2 aromatic carbocycles. The maximum Gasteiger partial charge on any atom is 0.251 e. The Morgan fingerprint density at radius 2 is 1.74 bits per heavy atom. The highest BCUT2D eigenvalue weighted by atomic mass is 32.2. The molecule has 0 saturated carbocycles. The van der Waals surface area contributed by atoms with E-state index in [1.165, 1.54) is 4.90 Å². The maximum atomic E-state index is 13.5. The fourth-order valence-corrected chi connectivity index (χ4v) is 4.91. The molecule has 0 aliphatic carbocycles. The molecule has 3 atom stereocenters. The summed E-state index contributed by atoms with van der Waals surface area (Å²) < 4.78 is 24.2. The van der Waals surface area contributed by atoms with Crippen LogP contribution in [0.1, 0.15) is 43.5 Å². The van der Waals surface area contributed by atoms with Crippen LogP contribution < -0.4 is 15.4 Å². The van der Waals surface area contributed by atoms with Gasteiger partial charge in [0.05, 0.1) is 18.7 Å². The molecular formula is C26H32N4O7S. The molecule has 1 aliphatic rings. The lowest BCUT2D eigenvalue weighted by molar-refractivity contribution is -0.141. The van der Waals surface area contributed by atoms with Crippen molar-refractivity contribution in [1.29, 1.82) is 0 Å². The third-order valence-electron chi connectivity index (χ3n) is 6.27. The van der Waals surface area contributed by atoms with Crippen LogP contribution in [0.15, 0.2) is 42.5 Å². The van der Waals surface area contributed by atoms with E-state index in [0.717, 1.165) is 17.0 Å². The summed E-state index contributed by atoms with van der Waals surface area (Å²) in [6.45, 7) is 3.86. The monoisotopic (exact) mass is 544 g/mol. The van der Waals surface area contributed by atoms with Crippen LogP contribution in [0.3, 0.4) is 0 Å². The summed E-state index contributed by atoms with van der Waals surface area (Å²) in [5, 5.41) is 7.09. The molecule has 38 heavy (non-hydrogen) atoms. The number of fused-ring (bicyclic) bond motifs is 1. The molecule has 1 saturated heterocycles. The van der Waals surface area contributed by atoms with Crippen LogP contribution in [0.25, 0.3) is 10.8 Å². The van der Waals surface area contributed by atoms with Crippen LogP contribution in [0, 0.1) is 5.92 Å². The molecule has 0 bridgehead atoms. The molecular weight excluding hydrogens is 512 g/mol. The Balaban J connectivity index is 1.69. The van der Waals surface area contributed by atoms with Crippen LogP contribution in [0.4, 0.5) is 0 Å². The summed E-state index contributed by atoms with van der Waals surface area (Å²) in [7, 11) is -3.82. The van der Waals surface area contributed by atoms with E-state index in [-0.39, 0.29) is 12.5 Å². The Kier molecular flexibility index (Phi) is 9.21. The molecule has 4 amide bonds. The number of nitrogens with zero attached hydrogens (tertiary/aromatic N) is 1. The molecule has 1 unspecified atom stereocenters. The number of nitrogens with one attached hydrogen (secondary N) is 3. The number of rotatable bonds is 10. The van der Waals surface area contributed by atoms with Gasteiger partial charge in [-0.15, -0.1) is 0 Å². The fraction of sp³-hybridized carbons (Fsp3) is 0.423. The highest BCUT2D eigenvalue weighted by Crippen LogP contribution is 2.21. The second kappa shape index (κ2) is 12.2. The number of amides is 4. The predicted molar refractivity (Wildman–Crippen MR) is 140 cm³/mol. The Labute approximate surface area is 221 Å². The van der Waals surface area contributed by atoms with E-state index >= 15 is 0 Å². The van der Waals surface area contributed by atoms with Crippen molar-refractivity contribution in [2.75, 3.05) is 12.8 Å². The minimum atomic E-state index is -3.82. The molecule has 0 radical (unpaired) electrons. The summed E-state index contributed by atoms with van der Waals surface area (Å²) in [6, 6.07) is 9.80. The van der Waals surface area contributed by atoms with E-state index < -0.39 is 58.2 Å². The van der Waals surface area contributed by atoms with Crippen molar-refractivity contribution in [1.82, 2.24) is 20.3 Å². The largest absolute Gasteiger partial charge is 0.344 e. The number of hydrogen-bond donors (Lipinski definition) is 3. The quantitative estimate of drug-likeness (QED) is 0.372. The number of likely N-dealkylation sites (tertiary alicyclic amines) is 1. The molecule has 0 spiro atoms. The van der Waals surface area contributed by atoms with Crippen molar-refractivity contribution in [3.05, 3.63) is 48.0 Å². The first-order valence-electron chi connectivity index (χ1n) is 12.3. The molecule has 1 heterocycles. The normalized spacial score (nSPS) is 17.1. The van der Waals surface area contributed by atoms with Gasteiger partial charge in [0.1, 0.15) is 18.4 Å². The van der Waals surface area contributed by atoms with E-state index in [4.69, 9.17) is 0 Å². The molecule has 1 aliphatic heterocycles. The number of carbonyl (C=O) groups excluding carboxylic acids is 5. The average Bonchev–Trinajstić information content (AvgIpc) is 3.35. The van der Waals surface area contributed by atoms with E-state index in [0.29, 0.717) is 24.7 Å². The van der Waals surface area contributed by atoms with Crippen molar-refractivity contribution < 1.29 is 32.4 Å². The predicted octanol–water partition coefficient (Wildman–Crippen LogP) is 0.735. The standard InChI is InChI=1S/C26H32N4O7S/c1-16(2)23(28-24(33)19-11-10-17-7-4-5-8-18(17)13-19)26(35)30-12-6-9-21(30)25(34)27-20(15-31)14-22(32)29-38(3,36)37/h4-5,7-8,10-11,13,15-16,20-21,23H,6,9,12,14H2,1-3H3,(H,27,34)(H,28,33)(H,29,32)/t20?,21-,23-/m0/s1. The van der Waals surface area contributed by atoms with E-state index in [9.17, 15) is 32.4 Å². The zero-order valence-corrected chi connectivity index (χ0v) is 22.3. The molecule has 12 heteroatoms. The molecule has 3 N–H and O–H groups in total. The van der Waals surface area contributed by atoms with E-state index in [2.05, 4.69) is 10.6 Å². The van der Waals surface area contributed by atoms with Crippen molar-refractivity contribution in [3.8, 4) is 0 Å². The fourth-order valence-electron chi connectivity index (χ4n) is 4.41. The number of carbonyl (C=O) groups is 5. The van der Waals surface area contributed by atoms with Crippen molar-refractivity contribution in [2.45, 2.75) is 51.2 Å². The lowest BCUT2D eigenvalue weighted by Gasteiger charge is -2.31. The van der Waals surface area contributed by atoms with Gasteiger partial charge in [-0.3, -0.25) is 23.9 Å². The topological polar surface area (TPSA) is 159 Å². The first kappa shape index (κ1) is 28.8. The van der Waals surface area contributed by atoms with E-state index in [1.807, 2.05) is 30.3 Å². The minimum Gasteiger partial charge on any atom is -0.344 e. The molecule has 2 aromatic rings. The number of aldehydes is 1. The van der Waals surface area contributed by atoms with Gasteiger partial charge in [-0.25, -0.2) is 8.42 Å². The third kappa shape index (κ3) is 7.37. The SMILES string of the molecule is CC(C)[C@H](NC(=O)c1ccc2ccccc2c1)C(=O)N1CCC[C@H]1C(=O)NC(C=O)CC(=O)NS(C)(=O)=O. The zero-order valence-electron chi connectivity index (χ0n) is 21.5. The Hall–Kier alpha value is -3.80. The smallest absolute Gasteiger partial charge is 0.251 e. The van der Waals surface area contributed by atoms with Gasteiger partial charge in [0.25, 0.3) is 5.91 Å². The summed E-state index contributed by atoms with van der Waals surface area (Å²) in [5.41, 5.74) is 0.402. The summed E-state index contributed by atoms with van der Waals surface area (Å²) in [6.07, 6.45) is 1.43. The molecule has 3 rings (SSSR count). The lowest BCUT2D eigenvalue weighted by atomic mass is 10.0. The van der Waals surface area contributed by atoms with Crippen LogP contribution in [-0.4, -0.2) is 74.2 Å². The van der Waals surface area contributed by atoms with Crippen molar-refractivity contribution in [2.24, 2.45) is 5.92 Å². The Morgan fingerprint density at radius 1 is 1.05 bits per heavy atom. The lowest BCUT2D eigenvalue weighted by Crippen LogP contribution is -2.56. The third-order valence-corrected chi connectivity index (χ3v) is 6.86. The number of hydrogen-bond acceptors (Lipinski definition) is 7. The summed E-state index contributed by atoms with van der Waals surface area (Å²) in [4.78, 5) is 64.2. The zero-order chi connectivity index (χ0) is 28.0. The first-order valence-corrected chi connectivity index (χ1v) is 14.1. The van der Waals surface area contributed by atoms with Gasteiger partial charge in [0.2, 0.25) is 27.7 Å². The molecule has 204 valence electrons. The average molecular weight is 545 g/mol. The highest BCUT2D eigenvalue weighted by Gasteiger charge is 2.39. The summed E-state index contributed by atoms with van der Waals surface area (Å²) >= 11 is 0. The van der Waals surface area contributed by atoms with Gasteiger partial charge in [-0.2, -0.15) is 0 Å². The van der Waals surface area contributed by atoms with Crippen LogP contribution in [0.2, 0.25) is 0 Å².